The van der Waals surface area contributed by atoms with Crippen molar-refractivity contribution in [3.8, 4) is 0 Å². The monoisotopic (exact) mass is 290 g/mol. The van der Waals surface area contributed by atoms with Gasteiger partial charge in [-0.05, 0) is 17.9 Å². The number of nitrogens with one attached hydrogen (secondary N) is 1. The highest BCUT2D eigenvalue weighted by atomic mass is 16.4. The van der Waals surface area contributed by atoms with Crippen LogP contribution < -0.4 is 11.1 Å². The van der Waals surface area contributed by atoms with Crippen molar-refractivity contribution in [1.29, 1.82) is 0 Å². The maximum Gasteiger partial charge on any atom is 0.320 e. The first-order chi connectivity index (χ1) is 9.58. The molecule has 2 rings (SSSR count). The Morgan fingerprint density at radius 2 is 1.81 bits per heavy atom. The second-order valence-corrected chi connectivity index (χ2v) is 4.56. The van der Waals surface area contributed by atoms with Crippen molar-refractivity contribution in [2.24, 2.45) is 5.73 Å². The molecule has 6 heteroatoms. The summed E-state index contributed by atoms with van der Waals surface area (Å²) in [5.41, 5.74) is 6.09. The third-order valence-corrected chi connectivity index (χ3v) is 3.06. The summed E-state index contributed by atoms with van der Waals surface area (Å²) < 4.78 is 0. The number of fused-ring (bicyclic) bond motifs is 1. The van der Waals surface area contributed by atoms with E-state index in [1.54, 1.807) is 0 Å². The molecule has 2 aromatic carbocycles. The summed E-state index contributed by atoms with van der Waals surface area (Å²) in [6.07, 6.45) is 0.197. The number of nitrogens with two attached hydrogens (primary N) is 1. The maximum atomic E-state index is 11.8. The van der Waals surface area contributed by atoms with Crippen LogP contribution in [0.2, 0.25) is 0 Å². The van der Waals surface area contributed by atoms with Crippen molar-refractivity contribution in [3.05, 3.63) is 42.5 Å². The molecule has 2 aromatic rings. The van der Waals surface area contributed by atoms with Gasteiger partial charge in [-0.25, -0.2) is 0 Å². The van der Waals surface area contributed by atoms with Crippen LogP contribution in [0.5, 0.6) is 0 Å². The Morgan fingerprint density at radius 3 is 2.52 bits per heavy atom. The molecule has 0 spiro atoms. The minimum atomic E-state index is -1.09. The van der Waals surface area contributed by atoms with Crippen LogP contribution in [0.15, 0.2) is 42.5 Å². The number of hydrogen-bond acceptors (Lipinski definition) is 3. The topological polar surface area (TPSA) is 124 Å². The smallest absolute Gasteiger partial charge is 0.320 e. The summed E-state index contributed by atoms with van der Waals surface area (Å²) >= 11 is 0. The number of carboxylic acids is 1. The van der Waals surface area contributed by atoms with Crippen molar-refractivity contribution < 1.29 is 20.2 Å². The van der Waals surface area contributed by atoms with Crippen LogP contribution in [0.25, 0.3) is 10.8 Å². The van der Waals surface area contributed by atoms with E-state index < -0.39 is 12.0 Å². The summed E-state index contributed by atoms with van der Waals surface area (Å²) in [5, 5.41) is 13.4. The van der Waals surface area contributed by atoms with Gasteiger partial charge in [0.2, 0.25) is 5.91 Å². The molecule has 0 aromatic heterocycles. The van der Waals surface area contributed by atoms with E-state index in [1.807, 2.05) is 42.5 Å². The third kappa shape index (κ3) is 4.27. The van der Waals surface area contributed by atoms with E-state index in [0.29, 0.717) is 0 Å². The quantitative estimate of drug-likeness (QED) is 0.763. The lowest BCUT2D eigenvalue weighted by molar-refractivity contribution is -0.138. The van der Waals surface area contributed by atoms with E-state index in [1.165, 1.54) is 0 Å². The summed E-state index contributed by atoms with van der Waals surface area (Å²) in [6, 6.07) is 12.4. The first-order valence-electron chi connectivity index (χ1n) is 6.34. The average Bonchev–Trinajstić information content (AvgIpc) is 2.45. The predicted molar refractivity (Wildman–Crippen MR) is 81.0 cm³/mol. The summed E-state index contributed by atoms with van der Waals surface area (Å²) in [6.45, 7) is 0. The van der Waals surface area contributed by atoms with Gasteiger partial charge in [0.05, 0.1) is 0 Å². The molecule has 0 unspecified atom stereocenters. The fraction of sp³-hybridized carbons (Fsp3) is 0.200. The Labute approximate surface area is 121 Å². The lowest BCUT2D eigenvalue weighted by atomic mass is 10.1. The molecule has 21 heavy (non-hydrogen) atoms. The Hall–Kier alpha value is -2.44. The predicted octanol–water partition coefficient (Wildman–Crippen LogP) is 1.15. The van der Waals surface area contributed by atoms with E-state index >= 15 is 0 Å². The molecule has 0 saturated heterocycles. The molecule has 0 aliphatic carbocycles. The van der Waals surface area contributed by atoms with Crippen LogP contribution in [0.3, 0.4) is 0 Å². The van der Waals surface area contributed by atoms with Gasteiger partial charge in [-0.2, -0.15) is 0 Å². The second kappa shape index (κ2) is 7.37. The molecule has 0 fully saturated rings. The van der Waals surface area contributed by atoms with Crippen LogP contribution in [0.4, 0.5) is 5.69 Å². The molecular formula is C15H18N2O4. The average molecular weight is 290 g/mol. The lowest BCUT2D eigenvalue weighted by Gasteiger charge is -2.09. The van der Waals surface area contributed by atoms with E-state index in [4.69, 9.17) is 10.8 Å². The molecule has 0 saturated carbocycles. The lowest BCUT2D eigenvalue weighted by Crippen LogP contribution is -2.31. The van der Waals surface area contributed by atoms with E-state index in [2.05, 4.69) is 5.32 Å². The number of benzene rings is 2. The van der Waals surface area contributed by atoms with Crippen LogP contribution in [-0.2, 0) is 9.59 Å². The van der Waals surface area contributed by atoms with Crippen molar-refractivity contribution in [2.45, 2.75) is 18.9 Å². The van der Waals surface area contributed by atoms with Gasteiger partial charge in [0.1, 0.15) is 6.04 Å². The zero-order valence-electron chi connectivity index (χ0n) is 11.4. The fourth-order valence-electron chi connectivity index (χ4n) is 1.96. The number of carboxylic acid groups (broad SMARTS) is 1. The van der Waals surface area contributed by atoms with Gasteiger partial charge in [0.25, 0.3) is 0 Å². The number of hydrogen-bond donors (Lipinski definition) is 3. The first-order valence-corrected chi connectivity index (χ1v) is 6.34. The molecule has 112 valence electrons. The number of anilines is 1. The normalized spacial score (nSPS) is 11.5. The van der Waals surface area contributed by atoms with Gasteiger partial charge in [-0.1, -0.05) is 36.4 Å². The first kappa shape index (κ1) is 16.6. The Bertz CT molecular complexity index is 637. The zero-order chi connectivity index (χ0) is 14.5. The van der Waals surface area contributed by atoms with Crippen molar-refractivity contribution in [1.82, 2.24) is 0 Å². The highest BCUT2D eigenvalue weighted by Crippen LogP contribution is 2.23. The van der Waals surface area contributed by atoms with Crippen molar-refractivity contribution in [2.75, 3.05) is 5.32 Å². The standard InChI is InChI=1S/C15H16N2O3.H2O/c16-12(15(19)20)8-9-14(18)17-13-7-3-5-10-4-1-2-6-11(10)13;/h1-7,12H,8-9,16H2,(H,17,18)(H,19,20);1H2/t12-;/m0./s1. The molecule has 6 nitrogen and oxygen atoms in total. The van der Waals surface area contributed by atoms with Crippen LogP contribution in [0.1, 0.15) is 12.8 Å². The van der Waals surface area contributed by atoms with Gasteiger partial charge in [0.15, 0.2) is 0 Å². The largest absolute Gasteiger partial charge is 0.480 e. The Balaban J connectivity index is 0.00000220. The fourth-order valence-corrected chi connectivity index (χ4v) is 1.96. The van der Waals surface area contributed by atoms with Crippen LogP contribution >= 0.6 is 0 Å². The molecular weight excluding hydrogens is 272 g/mol. The minimum absolute atomic E-state index is 0. The second-order valence-electron chi connectivity index (χ2n) is 4.56. The van der Waals surface area contributed by atoms with Gasteiger partial charge in [-0.3, -0.25) is 9.59 Å². The maximum absolute atomic E-state index is 11.8. The van der Waals surface area contributed by atoms with E-state index in [-0.39, 0.29) is 24.2 Å². The number of carbonyl (C=O) groups excluding carboxylic acids is 1. The number of carbonyl (C=O) groups is 2. The van der Waals surface area contributed by atoms with Gasteiger partial charge >= 0.3 is 5.97 Å². The number of amides is 1. The molecule has 6 N–H and O–H groups in total. The Morgan fingerprint density at radius 1 is 1.14 bits per heavy atom. The molecule has 0 heterocycles. The molecule has 0 radical (unpaired) electrons. The highest BCUT2D eigenvalue weighted by molar-refractivity contribution is 6.02. The highest BCUT2D eigenvalue weighted by Gasteiger charge is 2.13. The third-order valence-electron chi connectivity index (χ3n) is 3.06. The molecule has 1 atom stereocenters. The Kier molecular flexibility index (Phi) is 5.83. The van der Waals surface area contributed by atoms with Crippen molar-refractivity contribution in [3.63, 3.8) is 0 Å². The summed E-state index contributed by atoms with van der Waals surface area (Å²) in [4.78, 5) is 22.4. The van der Waals surface area contributed by atoms with Gasteiger partial charge in [0, 0.05) is 17.5 Å². The molecule has 0 aliphatic heterocycles. The minimum Gasteiger partial charge on any atom is -0.480 e. The van der Waals surface area contributed by atoms with E-state index in [0.717, 1.165) is 16.5 Å². The molecule has 0 aliphatic rings. The van der Waals surface area contributed by atoms with Gasteiger partial charge in [-0.15, -0.1) is 0 Å². The van der Waals surface area contributed by atoms with E-state index in [9.17, 15) is 9.59 Å². The van der Waals surface area contributed by atoms with Crippen molar-refractivity contribution >= 4 is 28.3 Å². The summed E-state index contributed by atoms with van der Waals surface area (Å²) in [7, 11) is 0. The molecule has 1 amide bonds. The molecule has 0 bridgehead atoms. The summed E-state index contributed by atoms with van der Waals surface area (Å²) in [5.74, 6) is -1.33. The number of aliphatic carboxylic acids is 1. The van der Waals surface area contributed by atoms with Gasteiger partial charge < -0.3 is 21.6 Å². The number of rotatable bonds is 5. The zero-order valence-corrected chi connectivity index (χ0v) is 11.4. The van der Waals surface area contributed by atoms with Crippen LogP contribution in [-0.4, -0.2) is 28.5 Å². The SMILES string of the molecule is N[C@@H](CCC(=O)Nc1cccc2ccccc12)C(=O)O.O. The van der Waals surface area contributed by atoms with Crippen LogP contribution in [0, 0.1) is 0 Å².